The van der Waals surface area contributed by atoms with Crippen molar-refractivity contribution in [1.82, 2.24) is 4.90 Å². The number of carbonyl (C=O) groups excluding carboxylic acids is 2. The molecule has 0 spiro atoms. The van der Waals surface area contributed by atoms with Gasteiger partial charge in [-0.05, 0) is 61.3 Å². The van der Waals surface area contributed by atoms with Crippen molar-refractivity contribution in [1.29, 1.82) is 0 Å². The maximum atomic E-state index is 12.8. The van der Waals surface area contributed by atoms with Crippen LogP contribution < -0.4 is 11.1 Å². The fraction of sp³-hybridized carbons (Fsp3) is 0.600. The van der Waals surface area contributed by atoms with E-state index in [0.29, 0.717) is 29.7 Å². The number of benzene rings is 1. The molecule has 5 heteroatoms. The summed E-state index contributed by atoms with van der Waals surface area (Å²) in [6, 6.07) is 5.77. The molecule has 0 radical (unpaired) electrons. The standard InChI is InChI=1S/C20H29N3O2/c1-12(2)8-19(24)22-18-7-5-14(9-13(18)3)20(25)23-10-15-4-6-17(21)16(15)11-23/h5,7,9,12,15-17H,4,6,8,10-11,21H2,1-3H3,(H,22,24). The van der Waals surface area contributed by atoms with Gasteiger partial charge in [-0.1, -0.05) is 13.8 Å². The van der Waals surface area contributed by atoms with Crippen molar-refractivity contribution in [2.24, 2.45) is 23.5 Å². The molecule has 5 nitrogen and oxygen atoms in total. The van der Waals surface area contributed by atoms with Crippen molar-refractivity contribution in [2.45, 2.75) is 46.1 Å². The summed E-state index contributed by atoms with van der Waals surface area (Å²) in [5.74, 6) is 1.43. The molecule has 3 N–H and O–H groups in total. The number of nitrogens with one attached hydrogen (secondary N) is 1. The first kappa shape index (κ1) is 17.9. The van der Waals surface area contributed by atoms with E-state index in [4.69, 9.17) is 5.73 Å². The average molecular weight is 343 g/mol. The van der Waals surface area contributed by atoms with Gasteiger partial charge in [0, 0.05) is 36.8 Å². The van der Waals surface area contributed by atoms with Gasteiger partial charge in [-0.3, -0.25) is 9.59 Å². The number of nitrogens with two attached hydrogens (primary N) is 1. The van der Waals surface area contributed by atoms with Crippen LogP contribution in [0.2, 0.25) is 0 Å². The minimum absolute atomic E-state index is 0.0125. The molecule has 3 rings (SSSR count). The minimum Gasteiger partial charge on any atom is -0.338 e. The Morgan fingerprint density at radius 3 is 2.68 bits per heavy atom. The molecule has 2 fully saturated rings. The van der Waals surface area contributed by atoms with Gasteiger partial charge in [0.2, 0.25) is 5.91 Å². The Hall–Kier alpha value is -1.88. The molecule has 0 bridgehead atoms. The lowest BCUT2D eigenvalue weighted by Gasteiger charge is -2.19. The number of anilines is 1. The second kappa shape index (κ2) is 7.16. The zero-order valence-corrected chi connectivity index (χ0v) is 15.4. The maximum Gasteiger partial charge on any atom is 0.253 e. The van der Waals surface area contributed by atoms with Crippen LogP contribution in [0.1, 0.15) is 49.0 Å². The van der Waals surface area contributed by atoms with Crippen molar-refractivity contribution < 1.29 is 9.59 Å². The highest BCUT2D eigenvalue weighted by atomic mass is 16.2. The van der Waals surface area contributed by atoms with Gasteiger partial charge in [-0.25, -0.2) is 0 Å². The van der Waals surface area contributed by atoms with Crippen LogP contribution in [0, 0.1) is 24.7 Å². The second-order valence-corrected chi connectivity index (χ2v) is 8.05. The summed E-state index contributed by atoms with van der Waals surface area (Å²) < 4.78 is 0. The Balaban J connectivity index is 1.66. The largest absolute Gasteiger partial charge is 0.338 e. The van der Waals surface area contributed by atoms with Gasteiger partial charge in [-0.15, -0.1) is 0 Å². The number of rotatable bonds is 4. The van der Waals surface area contributed by atoms with Crippen LogP contribution in [0.4, 0.5) is 5.69 Å². The maximum absolute atomic E-state index is 12.8. The van der Waals surface area contributed by atoms with Crippen LogP contribution in [0.3, 0.4) is 0 Å². The second-order valence-electron chi connectivity index (χ2n) is 8.05. The lowest BCUT2D eigenvalue weighted by atomic mass is 9.98. The van der Waals surface area contributed by atoms with E-state index in [2.05, 4.69) is 5.32 Å². The number of carbonyl (C=O) groups is 2. The summed E-state index contributed by atoms with van der Waals surface area (Å²) >= 11 is 0. The summed E-state index contributed by atoms with van der Waals surface area (Å²) in [6.45, 7) is 7.56. The van der Waals surface area contributed by atoms with E-state index in [1.807, 2.05) is 43.9 Å². The summed E-state index contributed by atoms with van der Waals surface area (Å²) in [4.78, 5) is 26.7. The smallest absolute Gasteiger partial charge is 0.253 e. The number of amides is 2. The predicted octanol–water partition coefficient (Wildman–Crippen LogP) is 2.79. The lowest BCUT2D eigenvalue weighted by Crippen LogP contribution is -2.33. The fourth-order valence-corrected chi connectivity index (χ4v) is 4.16. The third kappa shape index (κ3) is 3.87. The van der Waals surface area contributed by atoms with Crippen LogP contribution in [-0.2, 0) is 4.79 Å². The molecule has 1 aliphatic heterocycles. The Morgan fingerprint density at radius 1 is 1.28 bits per heavy atom. The van der Waals surface area contributed by atoms with Crippen molar-refractivity contribution >= 4 is 17.5 Å². The first-order valence-electron chi connectivity index (χ1n) is 9.30. The Labute approximate surface area is 150 Å². The minimum atomic E-state index is 0.0125. The van der Waals surface area contributed by atoms with Gasteiger partial charge < -0.3 is 16.0 Å². The van der Waals surface area contributed by atoms with E-state index in [9.17, 15) is 9.59 Å². The van der Waals surface area contributed by atoms with E-state index >= 15 is 0 Å². The topological polar surface area (TPSA) is 75.4 Å². The van der Waals surface area contributed by atoms with Gasteiger partial charge in [-0.2, -0.15) is 0 Å². The predicted molar refractivity (Wildman–Crippen MR) is 99.4 cm³/mol. The van der Waals surface area contributed by atoms with Gasteiger partial charge in [0.15, 0.2) is 0 Å². The summed E-state index contributed by atoms with van der Waals surface area (Å²) in [5, 5.41) is 2.94. The number of fused-ring (bicyclic) bond motifs is 1. The zero-order valence-electron chi connectivity index (χ0n) is 15.4. The van der Waals surface area contributed by atoms with Gasteiger partial charge in [0.05, 0.1) is 0 Å². The third-order valence-electron chi connectivity index (χ3n) is 5.54. The molecule has 1 saturated heterocycles. The average Bonchev–Trinajstić information content (AvgIpc) is 3.10. The van der Waals surface area contributed by atoms with E-state index in [1.54, 1.807) is 0 Å². The SMILES string of the molecule is Cc1cc(C(=O)N2CC3CCC(N)C3C2)ccc1NC(=O)CC(C)C. The molecule has 1 saturated carbocycles. The molecular formula is C20H29N3O2. The van der Waals surface area contributed by atoms with Gasteiger partial charge in [0.25, 0.3) is 5.91 Å². The van der Waals surface area contributed by atoms with Crippen molar-refractivity contribution in [3.63, 3.8) is 0 Å². The normalized spacial score (nSPS) is 25.3. The number of hydrogen-bond acceptors (Lipinski definition) is 3. The number of nitrogens with zero attached hydrogens (tertiary/aromatic N) is 1. The Morgan fingerprint density at radius 2 is 2.04 bits per heavy atom. The molecule has 2 aliphatic rings. The highest BCUT2D eigenvalue weighted by Gasteiger charge is 2.42. The summed E-state index contributed by atoms with van der Waals surface area (Å²) in [6.07, 6.45) is 2.72. The van der Waals surface area contributed by atoms with Crippen molar-refractivity contribution in [3.8, 4) is 0 Å². The monoisotopic (exact) mass is 343 g/mol. The molecule has 1 heterocycles. The zero-order chi connectivity index (χ0) is 18.1. The molecular weight excluding hydrogens is 314 g/mol. The van der Waals surface area contributed by atoms with Gasteiger partial charge >= 0.3 is 0 Å². The lowest BCUT2D eigenvalue weighted by molar-refractivity contribution is -0.116. The first-order valence-corrected chi connectivity index (χ1v) is 9.30. The van der Waals surface area contributed by atoms with Crippen LogP contribution in [-0.4, -0.2) is 35.8 Å². The molecule has 25 heavy (non-hydrogen) atoms. The molecule has 2 amide bonds. The van der Waals surface area contributed by atoms with E-state index in [-0.39, 0.29) is 17.9 Å². The molecule has 1 aromatic rings. The molecule has 3 unspecified atom stereocenters. The number of aryl methyl sites for hydroxylation is 1. The fourth-order valence-electron chi connectivity index (χ4n) is 4.16. The Kier molecular flexibility index (Phi) is 5.13. The molecule has 136 valence electrons. The Bertz CT molecular complexity index is 671. The van der Waals surface area contributed by atoms with Crippen LogP contribution in [0.25, 0.3) is 0 Å². The number of hydrogen-bond donors (Lipinski definition) is 2. The molecule has 1 aliphatic carbocycles. The highest BCUT2D eigenvalue weighted by Crippen LogP contribution is 2.37. The van der Waals surface area contributed by atoms with Crippen LogP contribution in [0.5, 0.6) is 0 Å². The third-order valence-corrected chi connectivity index (χ3v) is 5.54. The number of likely N-dealkylation sites (tertiary alicyclic amines) is 1. The first-order chi connectivity index (χ1) is 11.8. The molecule has 1 aromatic carbocycles. The molecule has 0 aromatic heterocycles. The van der Waals surface area contributed by atoms with Crippen molar-refractivity contribution in [3.05, 3.63) is 29.3 Å². The summed E-state index contributed by atoms with van der Waals surface area (Å²) in [7, 11) is 0. The van der Waals surface area contributed by atoms with E-state index in [0.717, 1.165) is 37.2 Å². The van der Waals surface area contributed by atoms with Crippen LogP contribution >= 0.6 is 0 Å². The van der Waals surface area contributed by atoms with Gasteiger partial charge in [0.1, 0.15) is 0 Å². The summed E-state index contributed by atoms with van der Waals surface area (Å²) in [5.41, 5.74) is 8.55. The van der Waals surface area contributed by atoms with Crippen molar-refractivity contribution in [2.75, 3.05) is 18.4 Å². The van der Waals surface area contributed by atoms with E-state index in [1.165, 1.54) is 0 Å². The molecule has 3 atom stereocenters. The van der Waals surface area contributed by atoms with Crippen LogP contribution in [0.15, 0.2) is 18.2 Å². The highest BCUT2D eigenvalue weighted by molar-refractivity contribution is 5.96. The van der Waals surface area contributed by atoms with E-state index < -0.39 is 0 Å². The quantitative estimate of drug-likeness (QED) is 0.883.